The van der Waals surface area contributed by atoms with Crippen LogP contribution in [-0.4, -0.2) is 67.2 Å². The van der Waals surface area contributed by atoms with E-state index >= 15 is 0 Å². The van der Waals surface area contributed by atoms with Gasteiger partial charge >= 0.3 is 11.9 Å². The Bertz CT molecular complexity index is 2160. The maximum absolute atomic E-state index is 11.8. The van der Waals surface area contributed by atoms with Gasteiger partial charge in [0.05, 0.1) is 56.3 Å². The van der Waals surface area contributed by atoms with Crippen LogP contribution in [0.2, 0.25) is 0 Å². The van der Waals surface area contributed by atoms with Crippen molar-refractivity contribution in [2.75, 3.05) is 13.2 Å². The molecule has 268 valence electrons. The zero-order valence-electron chi connectivity index (χ0n) is 29.4. The number of carboxylic acids is 1. The third-order valence-electron chi connectivity index (χ3n) is 6.92. The summed E-state index contributed by atoms with van der Waals surface area (Å²) in [6.45, 7) is 9.66. The number of thiazole rings is 2. The van der Waals surface area contributed by atoms with Crippen molar-refractivity contribution < 1.29 is 28.9 Å². The standard InChI is InChI=1S/C21H23N3O3S.C17H15N3O3S/c1-14(23-12-19-24-16-7-5-6-8-18(16)28-19)17-11-15(9-10-22-17)26-13-20(25)27-21(2,3)4;1-11(14-8-12(6-7-18-14)23-10-17(21)22)19-9-16-20-13-4-2-3-5-15(13)24-16/h5-11H,12-13H2,1-4H3;2-8H,9-10H2,1H3,(H,21,22). The van der Waals surface area contributed by atoms with Crippen LogP contribution in [0.5, 0.6) is 11.5 Å². The topological polar surface area (TPSA) is 158 Å². The highest BCUT2D eigenvalue weighted by atomic mass is 32.1. The highest BCUT2D eigenvalue weighted by Crippen LogP contribution is 2.24. The molecular formula is C38H38N6O6S2. The molecule has 0 saturated carbocycles. The second-order valence-electron chi connectivity index (χ2n) is 12.3. The van der Waals surface area contributed by atoms with E-state index in [1.54, 1.807) is 59.3 Å². The molecule has 4 heterocycles. The first-order valence-electron chi connectivity index (χ1n) is 16.2. The first-order valence-corrected chi connectivity index (χ1v) is 17.9. The lowest BCUT2D eigenvalue weighted by molar-refractivity contribution is -0.157. The summed E-state index contributed by atoms with van der Waals surface area (Å²) in [5.74, 6) is -0.427. The van der Waals surface area contributed by atoms with Crippen molar-refractivity contribution in [1.29, 1.82) is 0 Å². The Labute approximate surface area is 308 Å². The number of carboxylic acid groups (broad SMARTS) is 1. The third kappa shape index (κ3) is 11.5. The molecule has 0 bridgehead atoms. The van der Waals surface area contributed by atoms with Crippen LogP contribution < -0.4 is 9.47 Å². The molecule has 0 fully saturated rings. The van der Waals surface area contributed by atoms with Gasteiger partial charge in [-0.05, 0) is 71.0 Å². The smallest absolute Gasteiger partial charge is 0.344 e. The molecule has 2 aromatic carbocycles. The number of rotatable bonds is 12. The Balaban J connectivity index is 0.000000203. The SMILES string of the molecule is CC(=NCc1nc2ccccc2s1)c1cc(OCC(=O)O)ccn1.CC(=NCc1nc2ccccc2s1)c1cc(OCC(=O)OC(C)(C)C)ccn1. The molecule has 6 rings (SSSR count). The Kier molecular flexibility index (Phi) is 12.7. The second-order valence-corrected chi connectivity index (χ2v) is 14.5. The zero-order valence-corrected chi connectivity index (χ0v) is 31.0. The van der Waals surface area contributed by atoms with Crippen LogP contribution in [0.4, 0.5) is 0 Å². The van der Waals surface area contributed by atoms with E-state index in [2.05, 4.69) is 36.0 Å². The van der Waals surface area contributed by atoms with Crippen molar-refractivity contribution in [3.05, 3.63) is 107 Å². The number of hydrogen-bond donors (Lipinski definition) is 1. The molecule has 0 aliphatic carbocycles. The molecule has 4 aromatic heterocycles. The number of hydrogen-bond acceptors (Lipinski definition) is 13. The summed E-state index contributed by atoms with van der Waals surface area (Å²) in [6.07, 6.45) is 3.21. The molecule has 12 nitrogen and oxygen atoms in total. The predicted octanol–water partition coefficient (Wildman–Crippen LogP) is 7.58. The highest BCUT2D eigenvalue weighted by molar-refractivity contribution is 7.18. The molecule has 0 aliphatic heterocycles. The molecule has 6 aromatic rings. The summed E-state index contributed by atoms with van der Waals surface area (Å²) in [4.78, 5) is 49.2. The number of aliphatic imine (C=N–C) groups is 2. The normalized spacial score (nSPS) is 11.9. The number of aliphatic carboxylic acids is 1. The van der Waals surface area contributed by atoms with Gasteiger partial charge in [0, 0.05) is 24.5 Å². The van der Waals surface area contributed by atoms with Gasteiger partial charge in [-0.2, -0.15) is 0 Å². The molecule has 0 saturated heterocycles. The van der Waals surface area contributed by atoms with Crippen molar-refractivity contribution >= 4 is 66.5 Å². The Hall–Kier alpha value is -5.60. The van der Waals surface area contributed by atoms with E-state index in [-0.39, 0.29) is 13.2 Å². The van der Waals surface area contributed by atoms with Crippen molar-refractivity contribution in [3.8, 4) is 11.5 Å². The van der Waals surface area contributed by atoms with E-state index in [0.717, 1.165) is 41.9 Å². The number of pyridine rings is 2. The highest BCUT2D eigenvalue weighted by Gasteiger charge is 2.17. The van der Waals surface area contributed by atoms with Gasteiger partial charge in [0.25, 0.3) is 0 Å². The van der Waals surface area contributed by atoms with E-state index < -0.39 is 17.5 Å². The second kappa shape index (κ2) is 17.6. The number of carbonyl (C=O) groups excluding carboxylic acids is 1. The minimum Gasteiger partial charge on any atom is -0.482 e. The van der Waals surface area contributed by atoms with Crippen LogP contribution in [-0.2, 0) is 27.4 Å². The maximum atomic E-state index is 11.8. The van der Waals surface area contributed by atoms with Crippen molar-refractivity contribution in [2.24, 2.45) is 9.98 Å². The fourth-order valence-electron chi connectivity index (χ4n) is 4.57. The first-order chi connectivity index (χ1) is 24.9. The molecule has 0 atom stereocenters. The summed E-state index contributed by atoms with van der Waals surface area (Å²) in [5.41, 5.74) is 4.31. The van der Waals surface area contributed by atoms with Gasteiger partial charge in [-0.15, -0.1) is 22.7 Å². The average Bonchev–Trinajstić information content (AvgIpc) is 3.75. The summed E-state index contributed by atoms with van der Waals surface area (Å²) in [6, 6.07) is 22.8. The number of aromatic nitrogens is 4. The van der Waals surface area contributed by atoms with Gasteiger partial charge in [-0.25, -0.2) is 19.6 Å². The van der Waals surface area contributed by atoms with Crippen LogP contribution in [0.25, 0.3) is 20.4 Å². The van der Waals surface area contributed by atoms with Gasteiger partial charge in [0.15, 0.2) is 13.2 Å². The van der Waals surface area contributed by atoms with Gasteiger partial charge in [0.2, 0.25) is 0 Å². The van der Waals surface area contributed by atoms with E-state index in [1.165, 1.54) is 0 Å². The van der Waals surface area contributed by atoms with Crippen LogP contribution in [0.1, 0.15) is 56.0 Å². The van der Waals surface area contributed by atoms with Gasteiger partial charge in [0.1, 0.15) is 27.1 Å². The summed E-state index contributed by atoms with van der Waals surface area (Å²) >= 11 is 3.26. The predicted molar refractivity (Wildman–Crippen MR) is 204 cm³/mol. The van der Waals surface area contributed by atoms with Gasteiger partial charge in [-0.1, -0.05) is 24.3 Å². The Morgan fingerprint density at radius 1 is 0.712 bits per heavy atom. The van der Waals surface area contributed by atoms with E-state index in [0.29, 0.717) is 36.0 Å². The van der Waals surface area contributed by atoms with Gasteiger partial charge < -0.3 is 19.3 Å². The molecule has 14 heteroatoms. The number of nitrogens with zero attached hydrogens (tertiary/aromatic N) is 6. The number of fused-ring (bicyclic) bond motifs is 2. The monoisotopic (exact) mass is 738 g/mol. The fourth-order valence-corrected chi connectivity index (χ4v) is 6.35. The largest absolute Gasteiger partial charge is 0.482 e. The van der Waals surface area contributed by atoms with Crippen molar-refractivity contribution in [1.82, 2.24) is 19.9 Å². The van der Waals surface area contributed by atoms with Crippen molar-refractivity contribution in [2.45, 2.75) is 53.3 Å². The fraction of sp³-hybridized carbons (Fsp3) is 0.263. The molecule has 0 unspecified atom stereocenters. The molecule has 0 spiro atoms. The quantitative estimate of drug-likeness (QED) is 0.0980. The van der Waals surface area contributed by atoms with Crippen LogP contribution in [0, 0.1) is 0 Å². The Morgan fingerprint density at radius 3 is 1.62 bits per heavy atom. The number of esters is 1. The Morgan fingerprint density at radius 2 is 1.17 bits per heavy atom. The minimum absolute atomic E-state index is 0.150. The van der Waals surface area contributed by atoms with E-state index in [9.17, 15) is 9.59 Å². The maximum Gasteiger partial charge on any atom is 0.344 e. The molecule has 0 radical (unpaired) electrons. The van der Waals surface area contributed by atoms with Gasteiger partial charge in [-0.3, -0.25) is 20.0 Å². The average molecular weight is 739 g/mol. The number of carbonyl (C=O) groups is 2. The summed E-state index contributed by atoms with van der Waals surface area (Å²) in [7, 11) is 0. The van der Waals surface area contributed by atoms with Crippen LogP contribution in [0.15, 0.2) is 95.2 Å². The molecule has 1 N–H and O–H groups in total. The molecule has 0 amide bonds. The number of para-hydroxylation sites is 2. The van der Waals surface area contributed by atoms with Crippen LogP contribution >= 0.6 is 22.7 Å². The lowest BCUT2D eigenvalue weighted by atomic mass is 10.2. The van der Waals surface area contributed by atoms with E-state index in [4.69, 9.17) is 19.3 Å². The summed E-state index contributed by atoms with van der Waals surface area (Å²) in [5, 5.41) is 10.5. The lowest BCUT2D eigenvalue weighted by Gasteiger charge is -2.19. The van der Waals surface area contributed by atoms with Crippen LogP contribution in [0.3, 0.4) is 0 Å². The molecule has 52 heavy (non-hydrogen) atoms. The summed E-state index contributed by atoms with van der Waals surface area (Å²) < 4.78 is 18.2. The lowest BCUT2D eigenvalue weighted by Crippen LogP contribution is -2.27. The first kappa shape index (κ1) is 37.7. The third-order valence-corrected chi connectivity index (χ3v) is 8.96. The molecular weight excluding hydrogens is 701 g/mol. The molecule has 0 aliphatic rings. The van der Waals surface area contributed by atoms with E-state index in [1.807, 2.05) is 77.1 Å². The zero-order chi connectivity index (χ0) is 37.1. The van der Waals surface area contributed by atoms with Crippen molar-refractivity contribution in [3.63, 3.8) is 0 Å². The number of ether oxygens (including phenoxy) is 3. The minimum atomic E-state index is -1.02. The number of benzene rings is 2.